The summed E-state index contributed by atoms with van der Waals surface area (Å²) in [5.41, 5.74) is -6.28. The van der Waals surface area contributed by atoms with Crippen LogP contribution in [0.2, 0.25) is 0 Å². The zero-order chi connectivity index (χ0) is 44.0. The summed E-state index contributed by atoms with van der Waals surface area (Å²) in [7, 11) is 0. The highest BCUT2D eigenvalue weighted by atomic mass is 32.1. The number of rotatable bonds is 6. The van der Waals surface area contributed by atoms with Gasteiger partial charge in [-0.25, -0.2) is 22.8 Å². The van der Waals surface area contributed by atoms with E-state index < -0.39 is 92.8 Å². The molecule has 0 unspecified atom stereocenters. The van der Waals surface area contributed by atoms with Gasteiger partial charge in [-0.05, 0) is 91.5 Å². The molecule has 0 spiro atoms. The van der Waals surface area contributed by atoms with Crippen molar-refractivity contribution in [3.8, 4) is 23.2 Å². The third-order valence-electron chi connectivity index (χ3n) is 11.6. The number of nitrogens with zero attached hydrogens (tertiary/aromatic N) is 6. The number of carbonyl (C=O) groups excluding carboxylic acids is 2. The molecule has 326 valence electrons. The van der Waals surface area contributed by atoms with Crippen LogP contribution in [0.4, 0.5) is 46.8 Å². The van der Waals surface area contributed by atoms with Crippen molar-refractivity contribution in [2.75, 3.05) is 43.0 Å². The molecule has 61 heavy (non-hydrogen) atoms. The molecule has 0 radical (unpaired) electrons. The number of thiophene rings is 1. The standard InChI is InChI=1S/C42H45F6N7O5S/c1-39(2,3)59-37(56)52-35-26(16-49)29-24(10-11-28(44)33(29)61-35)30-27(42(46,47)48)14-25-32(31(30)45)50-36(58-20-41-12-7-13-54(41)17-21(43)15-41)51-34(25)53-18-22-8-9-23(19-53)55(22)38(57)60-40(4,5)6/h10-11,14,21-23H,7-9,12-13,15,17-20H2,1-6H3,(H,52,56)/t21-,22-,23+,41+/m1/s1. The summed E-state index contributed by atoms with van der Waals surface area (Å²) in [6.07, 6.45) is -5.02. The van der Waals surface area contributed by atoms with Crippen LogP contribution in [0.1, 0.15) is 84.8 Å². The zero-order valence-electron chi connectivity index (χ0n) is 34.4. The number of nitriles is 1. The normalized spacial score (nSPS) is 23.1. The zero-order valence-corrected chi connectivity index (χ0v) is 35.3. The second-order valence-electron chi connectivity index (χ2n) is 18.2. The lowest BCUT2D eigenvalue weighted by Crippen LogP contribution is -2.57. The molecule has 6 heterocycles. The molecule has 2 aromatic heterocycles. The maximum Gasteiger partial charge on any atom is 0.417 e. The van der Waals surface area contributed by atoms with E-state index >= 15 is 22.0 Å². The smallest absolute Gasteiger partial charge is 0.417 e. The van der Waals surface area contributed by atoms with Gasteiger partial charge in [-0.15, -0.1) is 11.3 Å². The molecule has 12 nitrogen and oxygen atoms in total. The van der Waals surface area contributed by atoms with E-state index in [0.29, 0.717) is 37.1 Å². The Morgan fingerprint density at radius 3 is 2.34 bits per heavy atom. The maximum atomic E-state index is 17.6. The molecule has 4 aromatic rings. The summed E-state index contributed by atoms with van der Waals surface area (Å²) >= 11 is 0.589. The minimum absolute atomic E-state index is 0.0579. The summed E-state index contributed by atoms with van der Waals surface area (Å²) in [5, 5.41) is 11.8. The SMILES string of the molecule is CC(C)(C)OC(=O)Nc1sc2c(F)ccc(-c3c(C(F)(F)F)cc4c(N5C[C@H]6CC[C@@H](C5)N6C(=O)OC(C)(C)C)nc(OC[C@@]56CCCN5C[C@H](F)C6)nc4c3F)c2c1C#N. The Hall–Kier alpha value is -5.09. The van der Waals surface area contributed by atoms with E-state index in [2.05, 4.69) is 15.3 Å². The van der Waals surface area contributed by atoms with Crippen molar-refractivity contribution < 1.29 is 50.1 Å². The third kappa shape index (κ3) is 7.97. The van der Waals surface area contributed by atoms with Gasteiger partial charge in [0.1, 0.15) is 52.2 Å². The fourth-order valence-electron chi connectivity index (χ4n) is 9.29. The summed E-state index contributed by atoms with van der Waals surface area (Å²) < 4.78 is 111. The average molecular weight is 874 g/mol. The van der Waals surface area contributed by atoms with Gasteiger partial charge >= 0.3 is 24.4 Å². The van der Waals surface area contributed by atoms with E-state index in [1.807, 2.05) is 11.0 Å². The lowest BCUT2D eigenvalue weighted by molar-refractivity contribution is -0.137. The quantitative estimate of drug-likeness (QED) is 0.187. The van der Waals surface area contributed by atoms with Crippen LogP contribution in [0.3, 0.4) is 0 Å². The van der Waals surface area contributed by atoms with Crippen molar-refractivity contribution in [1.29, 1.82) is 5.26 Å². The minimum atomic E-state index is -5.21. The molecule has 2 amide bonds. The topological polar surface area (TPSA) is 133 Å². The van der Waals surface area contributed by atoms with E-state index in [4.69, 9.17) is 14.2 Å². The minimum Gasteiger partial charge on any atom is -0.461 e. The van der Waals surface area contributed by atoms with Crippen LogP contribution in [0.15, 0.2) is 18.2 Å². The first-order valence-electron chi connectivity index (χ1n) is 20.1. The molecule has 8 rings (SSSR count). The Kier molecular flexibility index (Phi) is 10.5. The van der Waals surface area contributed by atoms with Crippen molar-refractivity contribution >= 4 is 55.3 Å². The lowest BCUT2D eigenvalue weighted by atomic mass is 9.92. The van der Waals surface area contributed by atoms with Gasteiger partial charge in [0, 0.05) is 42.4 Å². The molecular formula is C42H45F6N7O5S. The Morgan fingerprint density at radius 2 is 1.70 bits per heavy atom. The first kappa shape index (κ1) is 42.6. The number of alkyl halides is 4. The number of nitrogens with one attached hydrogen (secondary N) is 1. The second kappa shape index (κ2) is 15.1. The van der Waals surface area contributed by atoms with Gasteiger partial charge in [0.15, 0.2) is 5.82 Å². The summed E-state index contributed by atoms with van der Waals surface area (Å²) in [5.74, 6) is -2.42. The third-order valence-corrected chi connectivity index (χ3v) is 12.7. The van der Waals surface area contributed by atoms with Gasteiger partial charge in [0.2, 0.25) is 0 Å². The van der Waals surface area contributed by atoms with Gasteiger partial charge in [-0.1, -0.05) is 6.07 Å². The Labute approximate surface area is 351 Å². The number of benzene rings is 2. The van der Waals surface area contributed by atoms with Crippen molar-refractivity contribution in [3.63, 3.8) is 0 Å². The van der Waals surface area contributed by atoms with E-state index in [1.54, 1.807) is 51.3 Å². The van der Waals surface area contributed by atoms with Crippen LogP contribution in [0.25, 0.3) is 32.1 Å². The van der Waals surface area contributed by atoms with E-state index in [0.717, 1.165) is 24.6 Å². The van der Waals surface area contributed by atoms with Gasteiger partial charge in [-0.3, -0.25) is 15.1 Å². The van der Waals surface area contributed by atoms with Crippen LogP contribution in [-0.2, 0) is 15.7 Å². The van der Waals surface area contributed by atoms with Gasteiger partial charge in [0.05, 0.1) is 33.4 Å². The highest BCUT2D eigenvalue weighted by Crippen LogP contribution is 2.49. The van der Waals surface area contributed by atoms with E-state index in [-0.39, 0.29) is 65.0 Å². The molecule has 0 aliphatic carbocycles. The number of carbonyl (C=O) groups is 2. The number of aromatic nitrogens is 2. The first-order valence-corrected chi connectivity index (χ1v) is 20.9. The molecule has 0 saturated carbocycles. The Morgan fingerprint density at radius 1 is 1.02 bits per heavy atom. The predicted molar refractivity (Wildman–Crippen MR) is 215 cm³/mol. The number of halogens is 6. The second-order valence-corrected chi connectivity index (χ2v) is 19.2. The summed E-state index contributed by atoms with van der Waals surface area (Å²) in [6, 6.07) is 3.26. The summed E-state index contributed by atoms with van der Waals surface area (Å²) in [4.78, 5) is 40.4. The number of fused-ring (bicyclic) bond motifs is 5. The molecular weight excluding hydrogens is 829 g/mol. The largest absolute Gasteiger partial charge is 0.461 e. The van der Waals surface area contributed by atoms with Gasteiger partial charge in [-0.2, -0.15) is 28.4 Å². The lowest BCUT2D eigenvalue weighted by Gasteiger charge is -2.42. The van der Waals surface area contributed by atoms with Crippen molar-refractivity contribution in [2.45, 2.75) is 115 Å². The van der Waals surface area contributed by atoms with Crippen LogP contribution in [0.5, 0.6) is 6.01 Å². The molecule has 4 aliphatic heterocycles. The first-order chi connectivity index (χ1) is 28.6. The van der Waals surface area contributed by atoms with Gasteiger partial charge in [0.25, 0.3) is 0 Å². The maximum absolute atomic E-state index is 17.6. The predicted octanol–water partition coefficient (Wildman–Crippen LogP) is 9.57. The van der Waals surface area contributed by atoms with Crippen LogP contribution in [-0.4, -0.2) is 99.7 Å². The summed E-state index contributed by atoms with van der Waals surface area (Å²) in [6.45, 7) is 11.1. The van der Waals surface area contributed by atoms with Crippen molar-refractivity contribution in [3.05, 3.63) is 41.0 Å². The monoisotopic (exact) mass is 873 g/mol. The van der Waals surface area contributed by atoms with Gasteiger partial charge < -0.3 is 19.1 Å². The highest BCUT2D eigenvalue weighted by Gasteiger charge is 2.50. The van der Waals surface area contributed by atoms with Crippen LogP contribution in [0, 0.1) is 23.0 Å². The Bertz CT molecular complexity index is 2470. The van der Waals surface area contributed by atoms with Crippen molar-refractivity contribution in [1.82, 2.24) is 19.8 Å². The average Bonchev–Trinajstić information content (AvgIpc) is 3.87. The number of hydrogen-bond donors (Lipinski definition) is 1. The molecule has 2 aromatic carbocycles. The van der Waals surface area contributed by atoms with Crippen LogP contribution >= 0.6 is 11.3 Å². The number of anilines is 2. The molecule has 2 bridgehead atoms. The van der Waals surface area contributed by atoms with E-state index in [9.17, 15) is 19.2 Å². The number of amides is 2. The number of ether oxygens (including phenoxy) is 3. The number of hydrogen-bond acceptors (Lipinski definition) is 11. The molecule has 4 atom stereocenters. The van der Waals surface area contributed by atoms with Crippen LogP contribution < -0.4 is 15.0 Å². The molecule has 4 saturated heterocycles. The van der Waals surface area contributed by atoms with E-state index in [1.165, 1.54) is 0 Å². The molecule has 4 aliphatic rings. The highest BCUT2D eigenvalue weighted by molar-refractivity contribution is 7.23. The Balaban J connectivity index is 1.29. The number of piperazine rings is 1. The molecule has 4 fully saturated rings. The fraction of sp³-hybridized carbons (Fsp3) is 0.548. The van der Waals surface area contributed by atoms with Crippen molar-refractivity contribution in [2.24, 2.45) is 0 Å². The molecule has 1 N–H and O–H groups in total. The fourth-order valence-corrected chi connectivity index (χ4v) is 10.4. The molecule has 19 heteroatoms.